The van der Waals surface area contributed by atoms with Crippen molar-refractivity contribution in [3.63, 3.8) is 0 Å². The molecule has 1 heterocycles. The van der Waals surface area contributed by atoms with Crippen molar-refractivity contribution in [2.75, 3.05) is 13.2 Å². The predicted octanol–water partition coefficient (Wildman–Crippen LogP) is 8.22. The van der Waals surface area contributed by atoms with Crippen molar-refractivity contribution < 1.29 is 4.74 Å². The van der Waals surface area contributed by atoms with E-state index in [0.29, 0.717) is 0 Å². The Bertz CT molecular complexity index is 402. The molecule has 0 aromatic rings. The maximum absolute atomic E-state index is 4.94. The van der Waals surface area contributed by atoms with Crippen LogP contribution in [-0.2, 0) is 4.74 Å². The van der Waals surface area contributed by atoms with Crippen LogP contribution in [0.1, 0.15) is 44.9 Å². The van der Waals surface area contributed by atoms with Crippen molar-refractivity contribution in [3.8, 4) is 0 Å². The van der Waals surface area contributed by atoms with Gasteiger partial charge in [-0.3, -0.25) is 0 Å². The molecule has 1 saturated heterocycles. The Labute approximate surface area is 194 Å². The van der Waals surface area contributed by atoms with Crippen LogP contribution in [0.3, 0.4) is 0 Å². The van der Waals surface area contributed by atoms with Crippen molar-refractivity contribution in [2.45, 2.75) is 106 Å². The van der Waals surface area contributed by atoms with Crippen LogP contribution in [0.15, 0.2) is 0 Å². The van der Waals surface area contributed by atoms with Crippen LogP contribution in [0.25, 0.3) is 0 Å². The molecule has 0 bridgehead atoms. The Kier molecular flexibility index (Phi) is 11.0. The standard InChI is InChI=1S/C15H35Si3.C4H8O.Al.2HI/c1-16(2,3)15(17(4,5)6)18(7,8)14-12-10-9-11-13-14;1-2-4-5-3-1;;;/h14H,9-13H2,1-8H3;1-4H2;;2*1H/q;;+2;;/p-2. The van der Waals surface area contributed by atoms with Crippen LogP contribution in [0.5, 0.6) is 0 Å². The van der Waals surface area contributed by atoms with Crippen molar-refractivity contribution in [2.24, 2.45) is 0 Å². The Hall–Kier alpha value is 2.60. The van der Waals surface area contributed by atoms with E-state index in [9.17, 15) is 0 Å². The highest BCUT2D eigenvalue weighted by Gasteiger charge is 2.67. The molecule has 0 aromatic heterocycles. The fourth-order valence-corrected chi connectivity index (χ4v) is 91.1. The summed E-state index contributed by atoms with van der Waals surface area (Å²) in [4.78, 5) is 0. The third-order valence-electron chi connectivity index (χ3n) is 7.16. The normalized spacial score (nSPS) is 20.5. The molecular formula is C19H43AlI2OSi3. The van der Waals surface area contributed by atoms with E-state index in [2.05, 4.69) is 92.9 Å². The average molecular weight is 653 g/mol. The van der Waals surface area contributed by atoms with Gasteiger partial charge in [0.15, 0.2) is 0 Å². The summed E-state index contributed by atoms with van der Waals surface area (Å²) in [5, 5.41) is 0. The van der Waals surface area contributed by atoms with Gasteiger partial charge in [-0.25, -0.2) is 0 Å². The van der Waals surface area contributed by atoms with Gasteiger partial charge >= 0.3 is 7.58 Å². The Morgan fingerprint density at radius 3 is 1.42 bits per heavy atom. The molecule has 2 rings (SSSR count). The Balaban J connectivity index is 0.000000577. The van der Waals surface area contributed by atoms with Gasteiger partial charge in [-0.1, -0.05) is 87.6 Å². The molecule has 0 unspecified atom stereocenters. The van der Waals surface area contributed by atoms with Gasteiger partial charge in [-0.05, 0) is 18.4 Å². The first kappa shape index (κ1) is 26.6. The zero-order valence-corrected chi connectivity index (χ0v) is 27.2. The van der Waals surface area contributed by atoms with Crippen LogP contribution >= 0.6 is 40.5 Å². The molecule has 1 aliphatic carbocycles. The number of halogens is 2. The summed E-state index contributed by atoms with van der Waals surface area (Å²) >= 11 is 5.92. The first-order chi connectivity index (χ1) is 11.8. The summed E-state index contributed by atoms with van der Waals surface area (Å²) in [6.45, 7) is 24.0. The zero-order chi connectivity index (χ0) is 20.2. The number of ether oxygens (including phenoxy) is 1. The second-order valence-corrected chi connectivity index (χ2v) is 45.9. The highest BCUT2D eigenvalue weighted by molar-refractivity contribution is 14.3. The summed E-state index contributed by atoms with van der Waals surface area (Å²) in [5.74, 6) is 0. The molecule has 0 N–H and O–H groups in total. The number of rotatable bonds is 5. The molecule has 0 spiro atoms. The highest BCUT2D eigenvalue weighted by Crippen LogP contribution is 2.63. The third kappa shape index (κ3) is 5.85. The van der Waals surface area contributed by atoms with Crippen molar-refractivity contribution in [1.29, 1.82) is 0 Å². The summed E-state index contributed by atoms with van der Waals surface area (Å²) in [6, 6.07) is 0. The summed E-state index contributed by atoms with van der Waals surface area (Å²) in [6.07, 6.45) is 10.2. The molecule has 0 aromatic carbocycles. The second kappa shape index (κ2) is 10.8. The van der Waals surface area contributed by atoms with Crippen LogP contribution < -0.4 is 0 Å². The average Bonchev–Trinajstić information content (AvgIpc) is 3.04. The van der Waals surface area contributed by atoms with E-state index in [0.717, 1.165) is 21.9 Å². The molecular weight excluding hydrogens is 609 g/mol. The molecule has 1 aliphatic heterocycles. The van der Waals surface area contributed by atoms with Gasteiger partial charge in [0.05, 0.1) is 0 Å². The van der Waals surface area contributed by atoms with Crippen LogP contribution in [0.2, 0.25) is 61.1 Å². The Morgan fingerprint density at radius 1 is 0.731 bits per heavy atom. The maximum Gasteiger partial charge on any atom is 0.444 e. The van der Waals surface area contributed by atoms with Crippen LogP contribution in [-0.4, -0.2) is 45.0 Å². The lowest BCUT2D eigenvalue weighted by atomic mass is 10.0. The topological polar surface area (TPSA) is 9.23 Å². The van der Waals surface area contributed by atoms with Gasteiger partial charge in [-0.2, -0.15) is 40.5 Å². The van der Waals surface area contributed by atoms with Gasteiger partial charge in [0.1, 0.15) is 0 Å². The van der Waals surface area contributed by atoms with Crippen molar-refractivity contribution in [3.05, 3.63) is 0 Å². The molecule has 0 amide bonds. The summed E-state index contributed by atoms with van der Waals surface area (Å²) in [5.41, 5.74) is 1.12. The highest BCUT2D eigenvalue weighted by atomic mass is 127. The van der Waals surface area contributed by atoms with Gasteiger partial charge in [-0.15, -0.1) is 0 Å². The largest absolute Gasteiger partial charge is 0.444 e. The second-order valence-electron chi connectivity index (χ2n) is 11.0. The van der Waals surface area contributed by atoms with Gasteiger partial charge in [0.2, 0.25) is 0 Å². The lowest BCUT2D eigenvalue weighted by Crippen LogP contribution is -2.72. The van der Waals surface area contributed by atoms with E-state index in [4.69, 9.17) is 4.74 Å². The quantitative estimate of drug-likeness (QED) is 0.215. The lowest BCUT2D eigenvalue weighted by molar-refractivity contribution is 0.198. The fourth-order valence-electron chi connectivity index (χ4n) is 6.65. The minimum Gasteiger partial charge on any atom is -0.381 e. The van der Waals surface area contributed by atoms with Crippen molar-refractivity contribution >= 4 is 72.4 Å². The molecule has 0 radical (unpaired) electrons. The first-order valence-electron chi connectivity index (χ1n) is 10.7. The van der Waals surface area contributed by atoms with E-state index < -0.39 is 31.8 Å². The lowest BCUT2D eigenvalue weighted by Gasteiger charge is -2.63. The predicted molar refractivity (Wildman–Crippen MR) is 148 cm³/mol. The fraction of sp³-hybridized carbons (Fsp3) is 1.00. The zero-order valence-electron chi connectivity index (χ0n) is 18.7. The van der Waals surface area contributed by atoms with E-state index in [1.54, 1.807) is 12.8 Å². The number of hydrogen-bond acceptors (Lipinski definition) is 1. The maximum atomic E-state index is 4.94. The molecule has 26 heavy (non-hydrogen) atoms. The SMILES string of the molecule is C1CCOC1.C[Si](C)(C)[C]([Al]([I])[I])([Si](C)(C)C)[Si](C)(C)C1CCCCC1. The van der Waals surface area contributed by atoms with Crippen LogP contribution in [0, 0.1) is 0 Å². The van der Waals surface area contributed by atoms with E-state index in [1.807, 2.05) is 0 Å². The monoisotopic (exact) mass is 652 g/mol. The van der Waals surface area contributed by atoms with E-state index in [1.165, 1.54) is 32.1 Å². The molecule has 2 aliphatic rings. The smallest absolute Gasteiger partial charge is 0.381 e. The van der Waals surface area contributed by atoms with Gasteiger partial charge in [0, 0.05) is 37.4 Å². The van der Waals surface area contributed by atoms with E-state index in [-0.39, 0.29) is 0 Å². The van der Waals surface area contributed by atoms with Gasteiger partial charge < -0.3 is 4.74 Å². The minimum absolute atomic E-state index is 0.742. The van der Waals surface area contributed by atoms with E-state index >= 15 is 0 Å². The molecule has 0 atom stereocenters. The summed E-state index contributed by atoms with van der Waals surface area (Å²) < 4.78 is 5.80. The number of hydrogen-bond donors (Lipinski definition) is 0. The third-order valence-corrected chi connectivity index (χ3v) is 56.3. The molecule has 1 saturated carbocycles. The Morgan fingerprint density at radius 2 is 1.15 bits per heavy atom. The van der Waals surface area contributed by atoms with Crippen LogP contribution in [0.4, 0.5) is 0 Å². The summed E-state index contributed by atoms with van der Waals surface area (Å²) in [7, 11) is -4.36. The molecule has 154 valence electrons. The minimum atomic E-state index is -1.25. The van der Waals surface area contributed by atoms with Gasteiger partial charge in [0.25, 0.3) is 0 Å². The molecule has 2 fully saturated rings. The molecule has 7 heteroatoms. The van der Waals surface area contributed by atoms with Crippen molar-refractivity contribution in [1.82, 2.24) is 0 Å². The molecule has 1 nitrogen and oxygen atoms in total. The first-order valence-corrected chi connectivity index (χ1v) is 29.7.